The van der Waals surface area contributed by atoms with E-state index in [2.05, 4.69) is 11.0 Å². The fraction of sp³-hybridized carbons (Fsp3) is 0.368. The minimum atomic E-state index is -0.249. The third-order valence-corrected chi connectivity index (χ3v) is 5.56. The lowest BCUT2D eigenvalue weighted by Gasteiger charge is -2.37. The monoisotopic (exact) mass is 355 g/mol. The third-order valence-electron chi connectivity index (χ3n) is 4.43. The van der Waals surface area contributed by atoms with Crippen LogP contribution in [0.3, 0.4) is 0 Å². The molecule has 0 saturated carbocycles. The van der Waals surface area contributed by atoms with E-state index in [1.807, 2.05) is 48.2 Å². The highest BCUT2D eigenvalue weighted by atomic mass is 32.2. The molecule has 6 heteroatoms. The van der Waals surface area contributed by atoms with Crippen LogP contribution in [-0.4, -0.2) is 47.6 Å². The van der Waals surface area contributed by atoms with Crippen molar-refractivity contribution in [2.45, 2.75) is 17.9 Å². The van der Waals surface area contributed by atoms with E-state index < -0.39 is 0 Å². The van der Waals surface area contributed by atoms with Crippen LogP contribution in [0.15, 0.2) is 52.0 Å². The molecule has 5 nitrogen and oxygen atoms in total. The molecule has 1 unspecified atom stereocenters. The maximum absolute atomic E-state index is 12.4. The molecule has 0 spiro atoms. The van der Waals surface area contributed by atoms with Crippen molar-refractivity contribution in [1.29, 1.82) is 5.26 Å². The normalized spacial score (nSPS) is 16.4. The van der Waals surface area contributed by atoms with Gasteiger partial charge in [0.15, 0.2) is 0 Å². The Kier molecular flexibility index (Phi) is 5.79. The van der Waals surface area contributed by atoms with E-state index in [-0.39, 0.29) is 11.9 Å². The number of furan rings is 1. The van der Waals surface area contributed by atoms with Crippen molar-refractivity contribution in [3.05, 3.63) is 54.0 Å². The molecular weight excluding hydrogens is 334 g/mol. The molecule has 0 bridgehead atoms. The first-order chi connectivity index (χ1) is 12.2. The molecule has 1 aliphatic rings. The smallest absolute Gasteiger partial charge is 0.233 e. The molecule has 1 saturated heterocycles. The second-order valence-electron chi connectivity index (χ2n) is 5.99. The van der Waals surface area contributed by atoms with Gasteiger partial charge in [-0.1, -0.05) is 30.3 Å². The highest BCUT2D eigenvalue weighted by molar-refractivity contribution is 8.00. The zero-order valence-electron chi connectivity index (χ0n) is 14.2. The lowest BCUT2D eigenvalue weighted by atomic mass is 10.1. The number of carbonyl (C=O) groups excluding carboxylic acids is 1. The zero-order valence-corrected chi connectivity index (χ0v) is 15.0. The van der Waals surface area contributed by atoms with Crippen LogP contribution in [-0.2, 0) is 4.79 Å². The maximum atomic E-state index is 12.4. The molecule has 1 atom stereocenters. The van der Waals surface area contributed by atoms with E-state index in [1.165, 1.54) is 11.8 Å². The van der Waals surface area contributed by atoms with Gasteiger partial charge in [0, 0.05) is 31.1 Å². The zero-order chi connectivity index (χ0) is 17.6. The molecular formula is C19H21N3O2S. The minimum Gasteiger partial charge on any atom is -0.468 e. The molecule has 1 aromatic heterocycles. The Morgan fingerprint density at radius 1 is 1.24 bits per heavy atom. The summed E-state index contributed by atoms with van der Waals surface area (Å²) in [7, 11) is 0. The van der Waals surface area contributed by atoms with Gasteiger partial charge in [0.25, 0.3) is 0 Å². The number of amides is 1. The van der Waals surface area contributed by atoms with Crippen LogP contribution in [0.1, 0.15) is 17.4 Å². The molecule has 1 aromatic carbocycles. The number of hydrogen-bond acceptors (Lipinski definition) is 5. The van der Waals surface area contributed by atoms with Gasteiger partial charge in [-0.15, -0.1) is 11.8 Å². The van der Waals surface area contributed by atoms with Gasteiger partial charge in [0.1, 0.15) is 11.8 Å². The van der Waals surface area contributed by atoms with E-state index >= 15 is 0 Å². The molecule has 0 N–H and O–H groups in total. The molecule has 3 rings (SSSR count). The van der Waals surface area contributed by atoms with E-state index in [1.54, 1.807) is 6.26 Å². The van der Waals surface area contributed by atoms with E-state index in [9.17, 15) is 10.1 Å². The highest BCUT2D eigenvalue weighted by Gasteiger charge is 2.27. The molecule has 25 heavy (non-hydrogen) atoms. The van der Waals surface area contributed by atoms with Crippen molar-refractivity contribution in [2.24, 2.45) is 0 Å². The molecule has 2 aromatic rings. The highest BCUT2D eigenvalue weighted by Crippen LogP contribution is 2.24. The molecule has 1 fully saturated rings. The lowest BCUT2D eigenvalue weighted by Crippen LogP contribution is -2.50. The second kappa shape index (κ2) is 8.24. The van der Waals surface area contributed by atoms with Crippen LogP contribution in [0.5, 0.6) is 0 Å². The predicted octanol–water partition coefficient (Wildman–Crippen LogP) is 3.09. The molecule has 1 aliphatic heterocycles. The van der Waals surface area contributed by atoms with Crippen molar-refractivity contribution < 1.29 is 9.21 Å². The molecule has 1 amide bonds. The van der Waals surface area contributed by atoms with E-state index in [4.69, 9.17) is 4.42 Å². The largest absolute Gasteiger partial charge is 0.468 e. The summed E-state index contributed by atoms with van der Waals surface area (Å²) in [6, 6.07) is 13.9. The summed E-state index contributed by atoms with van der Waals surface area (Å²) in [6.07, 6.45) is 1.65. The third kappa shape index (κ3) is 4.25. The second-order valence-corrected chi connectivity index (χ2v) is 7.01. The molecule has 0 radical (unpaired) electrons. The fourth-order valence-electron chi connectivity index (χ4n) is 2.99. The van der Waals surface area contributed by atoms with Gasteiger partial charge >= 0.3 is 0 Å². The van der Waals surface area contributed by atoms with Gasteiger partial charge in [-0.25, -0.2) is 0 Å². The standard InChI is InChI=1S/C19H21N3O2S/c1-15-18(7-12-24-15)25-14-19(23)22-10-8-21(9-11-22)17(13-20)16-5-3-2-4-6-16/h2-7,12,17H,8-11,14H2,1H3. The quantitative estimate of drug-likeness (QED) is 0.772. The Bertz CT molecular complexity index is 746. The number of aryl methyl sites for hydroxylation is 1. The molecule has 2 heterocycles. The van der Waals surface area contributed by atoms with Crippen LogP contribution >= 0.6 is 11.8 Å². The number of hydrogen-bond donors (Lipinski definition) is 0. The van der Waals surface area contributed by atoms with Crippen molar-refractivity contribution >= 4 is 17.7 Å². The fourth-order valence-corrected chi connectivity index (χ4v) is 3.85. The van der Waals surface area contributed by atoms with Crippen LogP contribution < -0.4 is 0 Å². The summed E-state index contributed by atoms with van der Waals surface area (Å²) >= 11 is 1.51. The number of thioether (sulfide) groups is 1. The number of nitrogens with zero attached hydrogens (tertiary/aromatic N) is 3. The van der Waals surface area contributed by atoms with E-state index in [0.717, 1.165) is 16.2 Å². The van der Waals surface area contributed by atoms with Crippen LogP contribution in [0, 0.1) is 18.3 Å². The summed E-state index contributed by atoms with van der Waals surface area (Å²) in [4.78, 5) is 17.5. The van der Waals surface area contributed by atoms with Gasteiger partial charge in [0.05, 0.1) is 18.1 Å². The average Bonchev–Trinajstić information content (AvgIpc) is 3.07. The van der Waals surface area contributed by atoms with Gasteiger partial charge in [0.2, 0.25) is 5.91 Å². The summed E-state index contributed by atoms with van der Waals surface area (Å²) < 4.78 is 5.25. The summed E-state index contributed by atoms with van der Waals surface area (Å²) in [5.41, 5.74) is 1.01. The van der Waals surface area contributed by atoms with Gasteiger partial charge in [-0.3, -0.25) is 9.69 Å². The summed E-state index contributed by atoms with van der Waals surface area (Å²) in [6.45, 7) is 4.66. The Labute approximate surface area is 152 Å². The van der Waals surface area contributed by atoms with Crippen LogP contribution in [0.25, 0.3) is 0 Å². The average molecular weight is 355 g/mol. The lowest BCUT2D eigenvalue weighted by molar-refractivity contribution is -0.130. The van der Waals surface area contributed by atoms with Crippen LogP contribution in [0.2, 0.25) is 0 Å². The van der Waals surface area contributed by atoms with Gasteiger partial charge in [-0.2, -0.15) is 5.26 Å². The predicted molar refractivity (Wildman–Crippen MR) is 97.1 cm³/mol. The maximum Gasteiger partial charge on any atom is 0.233 e. The molecule has 130 valence electrons. The van der Waals surface area contributed by atoms with Crippen molar-refractivity contribution in [3.63, 3.8) is 0 Å². The van der Waals surface area contributed by atoms with Crippen molar-refractivity contribution in [1.82, 2.24) is 9.80 Å². The number of benzene rings is 1. The molecule has 0 aliphatic carbocycles. The number of carbonyl (C=O) groups is 1. The first-order valence-electron chi connectivity index (χ1n) is 8.32. The number of rotatable bonds is 5. The van der Waals surface area contributed by atoms with Gasteiger partial charge < -0.3 is 9.32 Å². The van der Waals surface area contributed by atoms with Crippen molar-refractivity contribution in [3.8, 4) is 6.07 Å². The van der Waals surface area contributed by atoms with Crippen molar-refractivity contribution in [2.75, 3.05) is 31.9 Å². The first kappa shape index (κ1) is 17.6. The Morgan fingerprint density at radius 2 is 1.96 bits per heavy atom. The number of piperazine rings is 1. The topological polar surface area (TPSA) is 60.5 Å². The minimum absolute atomic E-state index is 0.137. The summed E-state index contributed by atoms with van der Waals surface area (Å²) in [5, 5.41) is 9.54. The van der Waals surface area contributed by atoms with Gasteiger partial charge in [-0.05, 0) is 18.6 Å². The first-order valence-corrected chi connectivity index (χ1v) is 9.31. The van der Waals surface area contributed by atoms with Crippen LogP contribution in [0.4, 0.5) is 0 Å². The summed E-state index contributed by atoms with van der Waals surface area (Å²) in [5.74, 6) is 1.40. The Morgan fingerprint density at radius 3 is 2.56 bits per heavy atom. The Hall–Kier alpha value is -2.23. The Balaban J connectivity index is 1.52. The number of nitriles is 1. The van der Waals surface area contributed by atoms with E-state index in [0.29, 0.717) is 31.9 Å². The SMILES string of the molecule is Cc1occc1SCC(=O)N1CCN(C(C#N)c2ccccc2)CC1.